The zero-order chi connectivity index (χ0) is 25.5. The minimum atomic E-state index is -4.51. The number of alkyl halides is 3. The van der Waals surface area contributed by atoms with Crippen LogP contribution in [-0.4, -0.2) is 26.4 Å². The van der Waals surface area contributed by atoms with Gasteiger partial charge in [-0.15, -0.1) is 0 Å². The summed E-state index contributed by atoms with van der Waals surface area (Å²) in [6.45, 7) is 6.17. The minimum absolute atomic E-state index is 0.379. The van der Waals surface area contributed by atoms with Crippen molar-refractivity contribution in [1.82, 2.24) is 19.3 Å². The monoisotopic (exact) mass is 505 g/mol. The Morgan fingerprint density at radius 2 is 1.86 bits per heavy atom. The Morgan fingerprint density at radius 1 is 1.14 bits per heavy atom. The summed E-state index contributed by atoms with van der Waals surface area (Å²) < 4.78 is 47.7. The number of methoxy groups -OCH3 is 1. The molecule has 0 amide bonds. The summed E-state index contributed by atoms with van der Waals surface area (Å²) in [6.07, 6.45) is -1.24. The minimum Gasteiger partial charge on any atom is -0.494 e. The molecular weight excluding hydrogens is 479 g/mol. The molecule has 0 aliphatic carbocycles. The van der Waals surface area contributed by atoms with Gasteiger partial charge in [0.15, 0.2) is 5.69 Å². The van der Waals surface area contributed by atoms with Gasteiger partial charge in [-0.3, -0.25) is 0 Å². The third kappa shape index (κ3) is 4.57. The second-order valence-electron chi connectivity index (χ2n) is 8.45. The van der Waals surface area contributed by atoms with Crippen LogP contribution in [0.4, 0.5) is 24.8 Å². The first-order valence-corrected chi connectivity index (χ1v) is 11.7. The molecule has 0 aliphatic heterocycles. The van der Waals surface area contributed by atoms with E-state index >= 15 is 0 Å². The number of hydrogen-bond donors (Lipinski definition) is 1. The van der Waals surface area contributed by atoms with E-state index in [0.29, 0.717) is 39.5 Å². The van der Waals surface area contributed by atoms with Crippen LogP contribution in [0.15, 0.2) is 36.5 Å². The largest absolute Gasteiger partial charge is 0.494 e. The third-order valence-electron chi connectivity index (χ3n) is 6.31. The first-order valence-electron chi connectivity index (χ1n) is 11.3. The van der Waals surface area contributed by atoms with Gasteiger partial charge in [0.2, 0.25) is 5.95 Å². The molecule has 0 radical (unpaired) electrons. The van der Waals surface area contributed by atoms with Gasteiger partial charge in [0.1, 0.15) is 11.3 Å². The normalized spacial score (nSPS) is 12.1. The zero-order valence-electron chi connectivity index (χ0n) is 20.2. The fourth-order valence-corrected chi connectivity index (χ4v) is 4.60. The highest BCUT2D eigenvalue weighted by atomic mass is 35.5. The number of fused-ring (bicyclic) bond motifs is 1. The number of benzene rings is 2. The Morgan fingerprint density at radius 3 is 2.46 bits per heavy atom. The number of imidazole rings is 1. The number of halogens is 4. The molecular formula is C25H27ClF3N5O. The quantitative estimate of drug-likeness (QED) is 0.284. The summed E-state index contributed by atoms with van der Waals surface area (Å²) in [5.74, 6) is 1.40. The molecule has 0 saturated heterocycles. The lowest BCUT2D eigenvalue weighted by molar-refractivity contribution is -0.141. The molecule has 4 aromatic rings. The van der Waals surface area contributed by atoms with Crippen LogP contribution in [0.5, 0.6) is 5.75 Å². The van der Waals surface area contributed by atoms with Crippen molar-refractivity contribution in [3.8, 4) is 11.4 Å². The number of rotatable bonds is 7. The van der Waals surface area contributed by atoms with Gasteiger partial charge < -0.3 is 14.6 Å². The molecule has 1 N–H and O–H groups in total. The average molecular weight is 506 g/mol. The Balaban J connectivity index is 1.77. The summed E-state index contributed by atoms with van der Waals surface area (Å²) in [5.41, 5.74) is 3.77. The van der Waals surface area contributed by atoms with Crippen molar-refractivity contribution >= 4 is 34.3 Å². The summed E-state index contributed by atoms with van der Waals surface area (Å²) in [4.78, 5) is 4.77. The van der Waals surface area contributed by atoms with E-state index in [9.17, 15) is 13.2 Å². The summed E-state index contributed by atoms with van der Waals surface area (Å²) in [5, 5.41) is 7.57. The van der Waals surface area contributed by atoms with E-state index < -0.39 is 11.9 Å². The van der Waals surface area contributed by atoms with Crippen molar-refractivity contribution in [2.75, 3.05) is 12.4 Å². The molecule has 4 rings (SSSR count). The van der Waals surface area contributed by atoms with Crippen LogP contribution < -0.4 is 10.1 Å². The van der Waals surface area contributed by atoms with Crippen molar-refractivity contribution < 1.29 is 17.9 Å². The maximum absolute atomic E-state index is 13.0. The topological polar surface area (TPSA) is 56.9 Å². The molecule has 0 fully saturated rings. The molecule has 0 atom stereocenters. The number of ether oxygens (including phenoxy) is 1. The molecule has 0 saturated carbocycles. The van der Waals surface area contributed by atoms with Crippen molar-refractivity contribution in [3.05, 3.63) is 58.4 Å². The van der Waals surface area contributed by atoms with Gasteiger partial charge in [0.25, 0.3) is 0 Å². The molecule has 2 aromatic heterocycles. The molecule has 0 bridgehead atoms. The van der Waals surface area contributed by atoms with E-state index in [4.69, 9.17) is 21.3 Å². The number of anilines is 2. The molecule has 0 aliphatic rings. The Kier molecular flexibility index (Phi) is 6.73. The number of aromatic nitrogens is 4. The van der Waals surface area contributed by atoms with Crippen molar-refractivity contribution in [2.24, 2.45) is 7.05 Å². The van der Waals surface area contributed by atoms with E-state index in [0.717, 1.165) is 30.0 Å². The average Bonchev–Trinajstić information content (AvgIpc) is 3.44. The van der Waals surface area contributed by atoms with E-state index in [1.165, 1.54) is 23.6 Å². The molecule has 35 heavy (non-hydrogen) atoms. The molecule has 2 aromatic carbocycles. The second kappa shape index (κ2) is 9.45. The van der Waals surface area contributed by atoms with Crippen LogP contribution in [0.1, 0.15) is 49.4 Å². The van der Waals surface area contributed by atoms with E-state index in [2.05, 4.69) is 30.3 Å². The maximum Gasteiger partial charge on any atom is 0.435 e. The Hall–Kier alpha value is -3.20. The molecule has 186 valence electrons. The summed E-state index contributed by atoms with van der Waals surface area (Å²) >= 11 is 6.50. The van der Waals surface area contributed by atoms with Crippen LogP contribution in [-0.2, 0) is 13.2 Å². The lowest BCUT2D eigenvalue weighted by atomic mass is 9.93. The van der Waals surface area contributed by atoms with Gasteiger partial charge in [-0.1, -0.05) is 31.5 Å². The zero-order valence-corrected chi connectivity index (χ0v) is 20.9. The predicted octanol–water partition coefficient (Wildman–Crippen LogP) is 7.40. The number of aryl methyl sites for hydroxylation is 2. The van der Waals surface area contributed by atoms with Gasteiger partial charge in [-0.25, -0.2) is 9.67 Å². The molecule has 2 heterocycles. The maximum atomic E-state index is 13.0. The van der Waals surface area contributed by atoms with Crippen molar-refractivity contribution in [3.63, 3.8) is 0 Å². The smallest absolute Gasteiger partial charge is 0.435 e. The molecule has 0 unspecified atom stereocenters. The van der Waals surface area contributed by atoms with Crippen molar-refractivity contribution in [1.29, 1.82) is 0 Å². The SMILES string of the molecule is CCC(CC)c1ccc(Cl)c2nc(Nc3c(C)cc(-n4ccc(C(F)(F)F)n4)cc3OC)n(C)c12. The molecule has 10 heteroatoms. The van der Waals surface area contributed by atoms with E-state index in [1.807, 2.05) is 24.6 Å². The number of hydrogen-bond acceptors (Lipinski definition) is 4. The first kappa shape index (κ1) is 24.9. The molecule has 6 nitrogen and oxygen atoms in total. The van der Waals surface area contributed by atoms with Crippen LogP contribution in [0.2, 0.25) is 5.02 Å². The first-order chi connectivity index (χ1) is 16.6. The van der Waals surface area contributed by atoms with Crippen LogP contribution in [0, 0.1) is 6.92 Å². The summed E-state index contributed by atoms with van der Waals surface area (Å²) in [7, 11) is 3.43. The van der Waals surface area contributed by atoms with Gasteiger partial charge in [-0.2, -0.15) is 18.3 Å². The second-order valence-corrected chi connectivity index (χ2v) is 8.86. The summed E-state index contributed by atoms with van der Waals surface area (Å²) in [6, 6.07) is 8.26. The Labute approximate surface area is 206 Å². The van der Waals surface area contributed by atoms with Crippen LogP contribution >= 0.6 is 11.6 Å². The highest BCUT2D eigenvalue weighted by molar-refractivity contribution is 6.35. The van der Waals surface area contributed by atoms with Gasteiger partial charge >= 0.3 is 6.18 Å². The lowest BCUT2D eigenvalue weighted by Gasteiger charge is -2.17. The number of nitrogens with zero attached hydrogens (tertiary/aromatic N) is 4. The third-order valence-corrected chi connectivity index (χ3v) is 6.62. The van der Waals surface area contributed by atoms with Gasteiger partial charge in [0.05, 0.1) is 29.0 Å². The van der Waals surface area contributed by atoms with Crippen molar-refractivity contribution in [2.45, 2.75) is 45.7 Å². The predicted molar refractivity (Wildman–Crippen MR) is 132 cm³/mol. The molecule has 0 spiro atoms. The highest BCUT2D eigenvalue weighted by Crippen LogP contribution is 2.38. The fourth-order valence-electron chi connectivity index (χ4n) is 4.41. The van der Waals surface area contributed by atoms with E-state index in [1.54, 1.807) is 12.1 Å². The van der Waals surface area contributed by atoms with Crippen LogP contribution in [0.25, 0.3) is 16.7 Å². The van der Waals surface area contributed by atoms with Gasteiger partial charge in [0, 0.05) is 19.3 Å². The van der Waals surface area contributed by atoms with Crippen LogP contribution in [0.3, 0.4) is 0 Å². The standard InChI is InChI=1S/C25H27ClF3N5O/c1-6-15(7-2)17-8-9-18(26)22-23(17)33(4)24(31-22)30-21-14(3)12-16(13-19(21)35-5)34-11-10-20(32-34)25(27,28)29/h8-13,15H,6-7H2,1-5H3,(H,30,31). The fraction of sp³-hybridized carbons (Fsp3) is 0.360. The highest BCUT2D eigenvalue weighted by Gasteiger charge is 2.33. The van der Waals surface area contributed by atoms with Gasteiger partial charge in [-0.05, 0) is 55.0 Å². The number of nitrogens with one attached hydrogen (secondary N) is 1. The van der Waals surface area contributed by atoms with E-state index in [-0.39, 0.29) is 0 Å². The Bertz CT molecular complexity index is 1370. The lowest BCUT2D eigenvalue weighted by Crippen LogP contribution is -2.08.